The quantitative estimate of drug-likeness (QED) is 0.411. The van der Waals surface area contributed by atoms with Crippen LogP contribution < -0.4 is 10.1 Å². The maximum atomic E-state index is 12.8. The van der Waals surface area contributed by atoms with Crippen LogP contribution in [0.25, 0.3) is 0 Å². The molecule has 0 spiro atoms. The molecule has 7 heteroatoms. The first kappa shape index (κ1) is 17.1. The number of benzene rings is 2. The van der Waals surface area contributed by atoms with Gasteiger partial charge < -0.3 is 10.1 Å². The molecule has 1 heterocycles. The minimum Gasteiger partial charge on any atom is -0.495 e. The second kappa shape index (κ2) is 7.43. The van der Waals surface area contributed by atoms with E-state index in [1.807, 2.05) is 6.07 Å². The molecule has 0 bridgehead atoms. The van der Waals surface area contributed by atoms with E-state index in [1.54, 1.807) is 48.5 Å². The number of anilines is 2. The van der Waals surface area contributed by atoms with Gasteiger partial charge in [-0.15, -0.1) is 0 Å². The molecule has 130 valence electrons. The summed E-state index contributed by atoms with van der Waals surface area (Å²) in [5.41, 5.74) is 1.11. The number of ketones is 1. The second-order valence-electron chi connectivity index (χ2n) is 5.37. The van der Waals surface area contributed by atoms with E-state index in [-0.39, 0.29) is 23.0 Å². The zero-order chi connectivity index (χ0) is 18.5. The summed E-state index contributed by atoms with van der Waals surface area (Å²) in [5.74, 6) is 0.116. The van der Waals surface area contributed by atoms with Gasteiger partial charge in [0, 0.05) is 11.1 Å². The van der Waals surface area contributed by atoms with Gasteiger partial charge in [0.1, 0.15) is 5.75 Å². The van der Waals surface area contributed by atoms with E-state index in [2.05, 4.69) is 10.3 Å². The number of para-hydroxylation sites is 1. The highest BCUT2D eigenvalue weighted by molar-refractivity contribution is 6.12. The number of methoxy groups -OCH3 is 1. The normalized spacial score (nSPS) is 10.2. The maximum absolute atomic E-state index is 12.8. The van der Waals surface area contributed by atoms with E-state index >= 15 is 0 Å². The van der Waals surface area contributed by atoms with E-state index in [9.17, 15) is 14.9 Å². The van der Waals surface area contributed by atoms with Crippen LogP contribution >= 0.6 is 0 Å². The molecule has 0 saturated heterocycles. The third kappa shape index (κ3) is 3.51. The molecule has 0 unspecified atom stereocenters. The Morgan fingerprint density at radius 3 is 2.50 bits per heavy atom. The number of nitrogens with one attached hydrogen (secondary N) is 1. The molecule has 3 rings (SSSR count). The maximum Gasteiger partial charge on any atom is 0.315 e. The minimum absolute atomic E-state index is 0.0316. The second-order valence-corrected chi connectivity index (χ2v) is 5.37. The average molecular weight is 349 g/mol. The Kier molecular flexibility index (Phi) is 4.89. The molecule has 0 aliphatic carbocycles. The highest BCUT2D eigenvalue weighted by Gasteiger charge is 2.20. The molecular formula is C19H15N3O4. The Bertz CT molecular complexity index is 958. The van der Waals surface area contributed by atoms with E-state index in [4.69, 9.17) is 4.74 Å². The molecule has 0 radical (unpaired) electrons. The Labute approximate surface area is 149 Å². The number of aromatic nitrogens is 1. The van der Waals surface area contributed by atoms with Crippen molar-refractivity contribution < 1.29 is 14.5 Å². The molecule has 0 atom stereocenters. The molecular weight excluding hydrogens is 334 g/mol. The van der Waals surface area contributed by atoms with Crippen molar-refractivity contribution in [2.24, 2.45) is 0 Å². The van der Waals surface area contributed by atoms with Gasteiger partial charge in [0.2, 0.25) is 5.82 Å². The van der Waals surface area contributed by atoms with Crippen molar-refractivity contribution in [1.29, 1.82) is 0 Å². The molecule has 3 aromatic rings. The molecule has 0 aliphatic heterocycles. The predicted octanol–water partition coefficient (Wildman–Crippen LogP) is 3.97. The van der Waals surface area contributed by atoms with Gasteiger partial charge in [0.05, 0.1) is 30.0 Å². The standard InChI is InChI=1S/C19H15N3O4/c1-26-14-11-17(22(24)25)19(20-12-14)21-16-10-6-5-9-15(16)18(23)13-7-3-2-4-8-13/h2-12H,1H3,(H,20,21). The summed E-state index contributed by atoms with van der Waals surface area (Å²) in [6.45, 7) is 0. The SMILES string of the molecule is COc1cnc(Nc2ccccc2C(=O)c2ccccc2)c([N+](=O)[O-])c1. The van der Waals surface area contributed by atoms with Crippen LogP contribution in [0.5, 0.6) is 5.75 Å². The number of nitrogens with zero attached hydrogens (tertiary/aromatic N) is 2. The molecule has 0 fully saturated rings. The van der Waals surface area contributed by atoms with Crippen molar-refractivity contribution in [2.75, 3.05) is 12.4 Å². The number of hydrogen-bond acceptors (Lipinski definition) is 6. The molecule has 0 aliphatic rings. The number of carbonyl (C=O) groups excluding carboxylic acids is 1. The van der Waals surface area contributed by atoms with Crippen molar-refractivity contribution >= 4 is 23.0 Å². The van der Waals surface area contributed by atoms with Crippen molar-refractivity contribution in [3.8, 4) is 5.75 Å². The lowest BCUT2D eigenvalue weighted by molar-refractivity contribution is -0.384. The van der Waals surface area contributed by atoms with Gasteiger partial charge in [-0.2, -0.15) is 0 Å². The third-order valence-corrected chi connectivity index (χ3v) is 3.74. The largest absolute Gasteiger partial charge is 0.495 e. The average Bonchev–Trinajstić information content (AvgIpc) is 2.68. The summed E-state index contributed by atoms with van der Waals surface area (Å²) in [7, 11) is 1.40. The fourth-order valence-electron chi connectivity index (χ4n) is 2.44. The molecule has 26 heavy (non-hydrogen) atoms. The van der Waals surface area contributed by atoms with Crippen LogP contribution in [0.4, 0.5) is 17.2 Å². The summed E-state index contributed by atoms with van der Waals surface area (Å²) in [4.78, 5) is 27.6. The lowest BCUT2D eigenvalue weighted by Gasteiger charge is -2.11. The third-order valence-electron chi connectivity index (χ3n) is 3.74. The molecule has 0 amide bonds. The predicted molar refractivity (Wildman–Crippen MR) is 97.0 cm³/mol. The van der Waals surface area contributed by atoms with Crippen molar-refractivity contribution in [3.63, 3.8) is 0 Å². The number of hydrogen-bond donors (Lipinski definition) is 1. The van der Waals surface area contributed by atoms with Gasteiger partial charge in [0.25, 0.3) is 0 Å². The van der Waals surface area contributed by atoms with Gasteiger partial charge in [-0.3, -0.25) is 14.9 Å². The van der Waals surface area contributed by atoms with E-state index < -0.39 is 4.92 Å². The van der Waals surface area contributed by atoms with Crippen LogP contribution in [0, 0.1) is 10.1 Å². The van der Waals surface area contributed by atoms with E-state index in [0.29, 0.717) is 16.8 Å². The lowest BCUT2D eigenvalue weighted by Crippen LogP contribution is -2.07. The Morgan fingerprint density at radius 2 is 1.81 bits per heavy atom. The number of ether oxygens (including phenoxy) is 1. The van der Waals surface area contributed by atoms with E-state index in [0.717, 1.165) is 0 Å². The summed E-state index contributed by atoms with van der Waals surface area (Å²) >= 11 is 0. The van der Waals surface area contributed by atoms with Crippen LogP contribution in [-0.4, -0.2) is 22.8 Å². The lowest BCUT2D eigenvalue weighted by atomic mass is 10.0. The van der Waals surface area contributed by atoms with Gasteiger partial charge in [0.15, 0.2) is 5.78 Å². The van der Waals surface area contributed by atoms with Crippen molar-refractivity contribution in [2.45, 2.75) is 0 Å². The molecule has 1 aromatic heterocycles. The Hall–Kier alpha value is -3.74. The highest BCUT2D eigenvalue weighted by atomic mass is 16.6. The fourth-order valence-corrected chi connectivity index (χ4v) is 2.44. The molecule has 7 nitrogen and oxygen atoms in total. The molecule has 1 N–H and O–H groups in total. The van der Waals surface area contributed by atoms with Crippen LogP contribution in [0.1, 0.15) is 15.9 Å². The first-order valence-corrected chi connectivity index (χ1v) is 7.74. The zero-order valence-corrected chi connectivity index (χ0v) is 13.9. The monoisotopic (exact) mass is 349 g/mol. The van der Waals surface area contributed by atoms with Gasteiger partial charge in [-0.25, -0.2) is 4.98 Å². The van der Waals surface area contributed by atoms with Crippen LogP contribution in [-0.2, 0) is 0 Å². The topological polar surface area (TPSA) is 94.4 Å². The van der Waals surface area contributed by atoms with Gasteiger partial charge >= 0.3 is 5.69 Å². The highest BCUT2D eigenvalue weighted by Crippen LogP contribution is 2.30. The summed E-state index contributed by atoms with van der Waals surface area (Å²) in [5, 5.41) is 14.2. The van der Waals surface area contributed by atoms with Gasteiger partial charge in [-0.1, -0.05) is 42.5 Å². The summed E-state index contributed by atoms with van der Waals surface area (Å²) in [6, 6.07) is 16.9. The molecule has 0 saturated carbocycles. The first-order chi connectivity index (χ1) is 12.6. The fraction of sp³-hybridized carbons (Fsp3) is 0.0526. The molecule has 2 aromatic carbocycles. The van der Waals surface area contributed by atoms with E-state index in [1.165, 1.54) is 19.4 Å². The summed E-state index contributed by atoms with van der Waals surface area (Å²) in [6.07, 6.45) is 1.37. The summed E-state index contributed by atoms with van der Waals surface area (Å²) < 4.78 is 4.98. The van der Waals surface area contributed by atoms with Crippen LogP contribution in [0.15, 0.2) is 66.9 Å². The van der Waals surface area contributed by atoms with Crippen molar-refractivity contribution in [1.82, 2.24) is 4.98 Å². The minimum atomic E-state index is -0.556. The first-order valence-electron chi connectivity index (χ1n) is 7.74. The Balaban J connectivity index is 2.00. The van der Waals surface area contributed by atoms with Crippen LogP contribution in [0.3, 0.4) is 0 Å². The number of nitro groups is 1. The number of pyridine rings is 1. The van der Waals surface area contributed by atoms with Crippen LogP contribution in [0.2, 0.25) is 0 Å². The number of rotatable bonds is 6. The van der Waals surface area contributed by atoms with Gasteiger partial charge in [-0.05, 0) is 12.1 Å². The number of carbonyl (C=O) groups is 1. The Morgan fingerprint density at radius 1 is 1.12 bits per heavy atom. The zero-order valence-electron chi connectivity index (χ0n) is 13.9. The van der Waals surface area contributed by atoms with Crippen molar-refractivity contribution in [3.05, 3.63) is 88.1 Å². The smallest absolute Gasteiger partial charge is 0.315 e.